The van der Waals surface area contributed by atoms with Gasteiger partial charge in [-0.15, -0.1) is 0 Å². The van der Waals surface area contributed by atoms with Gasteiger partial charge in [0.1, 0.15) is 12.3 Å². The summed E-state index contributed by atoms with van der Waals surface area (Å²) in [6.07, 6.45) is 1.34. The Morgan fingerprint density at radius 3 is 2.28 bits per heavy atom. The van der Waals surface area contributed by atoms with Crippen molar-refractivity contribution in [3.05, 3.63) is 94.5 Å². The second-order valence-electron chi connectivity index (χ2n) is 8.45. The zero-order valence-corrected chi connectivity index (χ0v) is 22.0. The van der Waals surface area contributed by atoms with Gasteiger partial charge in [-0.1, -0.05) is 30.3 Å². The van der Waals surface area contributed by atoms with Crippen LogP contribution in [-0.2, 0) is 19.6 Å². The van der Waals surface area contributed by atoms with Crippen molar-refractivity contribution in [1.29, 1.82) is 0 Å². The SMILES string of the molecule is CC(C)NC(=O)COc1ccc(/C=N\NC(=O)CN(c2ccccc2)S(=O)(=O)c2ccccc2[N+](=O)[O-])cc1. The van der Waals surface area contributed by atoms with Crippen LogP contribution >= 0.6 is 0 Å². The number of amides is 2. The topological polar surface area (TPSA) is 160 Å². The third kappa shape index (κ3) is 8.10. The fourth-order valence-corrected chi connectivity index (χ4v) is 4.94. The summed E-state index contributed by atoms with van der Waals surface area (Å²) in [4.78, 5) is 34.5. The lowest BCUT2D eigenvalue weighted by Gasteiger charge is -2.23. The Morgan fingerprint density at radius 1 is 1.00 bits per heavy atom. The lowest BCUT2D eigenvalue weighted by Crippen LogP contribution is -2.39. The summed E-state index contributed by atoms with van der Waals surface area (Å²) in [5.74, 6) is -0.547. The van der Waals surface area contributed by atoms with Crippen LogP contribution in [0, 0.1) is 10.1 Å². The Hall–Kier alpha value is -4.78. The Kier molecular flexibility index (Phi) is 9.70. The van der Waals surface area contributed by atoms with E-state index >= 15 is 0 Å². The van der Waals surface area contributed by atoms with Gasteiger partial charge in [-0.25, -0.2) is 13.8 Å². The normalized spacial score (nSPS) is 11.3. The first-order valence-corrected chi connectivity index (χ1v) is 13.2. The molecule has 204 valence electrons. The van der Waals surface area contributed by atoms with Crippen molar-refractivity contribution in [1.82, 2.24) is 10.7 Å². The van der Waals surface area contributed by atoms with Crippen molar-refractivity contribution < 1.29 is 27.7 Å². The molecule has 0 saturated carbocycles. The number of ether oxygens (including phenoxy) is 1. The summed E-state index contributed by atoms with van der Waals surface area (Å²) in [6.45, 7) is 2.88. The molecule has 0 heterocycles. The maximum atomic E-state index is 13.4. The highest BCUT2D eigenvalue weighted by Crippen LogP contribution is 2.29. The molecule has 39 heavy (non-hydrogen) atoms. The number of nitro benzene ring substituents is 1. The molecular formula is C26H27N5O7S. The lowest BCUT2D eigenvalue weighted by molar-refractivity contribution is -0.387. The fourth-order valence-electron chi connectivity index (χ4n) is 3.36. The summed E-state index contributed by atoms with van der Waals surface area (Å²) in [5.41, 5.74) is 2.41. The minimum Gasteiger partial charge on any atom is -0.484 e. The van der Waals surface area contributed by atoms with Gasteiger partial charge in [-0.2, -0.15) is 5.10 Å². The second kappa shape index (κ2) is 13.1. The van der Waals surface area contributed by atoms with Gasteiger partial charge in [-0.3, -0.25) is 24.0 Å². The van der Waals surface area contributed by atoms with E-state index in [0.29, 0.717) is 11.3 Å². The van der Waals surface area contributed by atoms with Crippen LogP contribution in [0.25, 0.3) is 0 Å². The minimum absolute atomic E-state index is 0.00614. The van der Waals surface area contributed by atoms with E-state index < -0.39 is 38.0 Å². The molecule has 12 nitrogen and oxygen atoms in total. The fraction of sp³-hybridized carbons (Fsp3) is 0.192. The summed E-state index contributed by atoms with van der Waals surface area (Å²) < 4.78 is 33.1. The first kappa shape index (κ1) is 28.8. The zero-order valence-electron chi connectivity index (χ0n) is 21.2. The van der Waals surface area contributed by atoms with E-state index in [9.17, 15) is 28.1 Å². The third-order valence-corrected chi connectivity index (χ3v) is 6.89. The number of carbonyl (C=O) groups excluding carboxylic acids is 2. The number of rotatable bonds is 12. The molecule has 0 bridgehead atoms. The molecule has 2 N–H and O–H groups in total. The molecule has 3 aromatic rings. The van der Waals surface area contributed by atoms with E-state index in [1.165, 1.54) is 30.5 Å². The largest absolute Gasteiger partial charge is 0.484 e. The molecule has 0 fully saturated rings. The lowest BCUT2D eigenvalue weighted by atomic mass is 10.2. The quantitative estimate of drug-likeness (QED) is 0.198. The Labute approximate surface area is 225 Å². The molecule has 0 aromatic heterocycles. The highest BCUT2D eigenvalue weighted by molar-refractivity contribution is 7.93. The number of hydrogen-bond donors (Lipinski definition) is 2. The minimum atomic E-state index is -4.49. The van der Waals surface area contributed by atoms with E-state index in [4.69, 9.17) is 4.74 Å². The van der Waals surface area contributed by atoms with Gasteiger partial charge in [-0.05, 0) is 61.9 Å². The number of nitrogens with one attached hydrogen (secondary N) is 2. The van der Waals surface area contributed by atoms with Crippen LogP contribution in [0.1, 0.15) is 19.4 Å². The van der Waals surface area contributed by atoms with Gasteiger partial charge >= 0.3 is 0 Å². The molecule has 2 amide bonds. The Bertz CT molecular complexity index is 1440. The smallest absolute Gasteiger partial charge is 0.289 e. The van der Waals surface area contributed by atoms with Crippen molar-refractivity contribution >= 4 is 39.4 Å². The van der Waals surface area contributed by atoms with E-state index in [1.54, 1.807) is 42.5 Å². The molecule has 0 radical (unpaired) electrons. The highest BCUT2D eigenvalue weighted by atomic mass is 32.2. The molecule has 0 atom stereocenters. The van der Waals surface area contributed by atoms with Gasteiger partial charge < -0.3 is 10.1 Å². The van der Waals surface area contributed by atoms with Crippen molar-refractivity contribution in [2.45, 2.75) is 24.8 Å². The van der Waals surface area contributed by atoms with Crippen LogP contribution in [0.2, 0.25) is 0 Å². The summed E-state index contributed by atoms with van der Waals surface area (Å²) in [5, 5.41) is 18.0. The summed E-state index contributed by atoms with van der Waals surface area (Å²) in [7, 11) is -4.49. The van der Waals surface area contributed by atoms with E-state index in [-0.39, 0.29) is 24.2 Å². The van der Waals surface area contributed by atoms with Crippen molar-refractivity contribution in [2.24, 2.45) is 5.10 Å². The highest BCUT2D eigenvalue weighted by Gasteiger charge is 2.33. The summed E-state index contributed by atoms with van der Waals surface area (Å²) in [6, 6.07) is 19.3. The number of para-hydroxylation sites is 2. The number of carbonyl (C=O) groups is 2. The standard InChI is InChI=1S/C26H27N5O7S/c1-19(2)28-26(33)18-38-22-14-12-20(13-15-22)16-27-29-25(32)17-30(21-8-4-3-5-9-21)39(36,37)24-11-7-6-10-23(24)31(34)35/h3-16,19H,17-18H2,1-2H3,(H,28,33)(H,29,32)/b27-16-. The molecule has 0 unspecified atom stereocenters. The molecule has 0 saturated heterocycles. The van der Waals surface area contributed by atoms with E-state index in [0.717, 1.165) is 16.4 Å². The van der Waals surface area contributed by atoms with Crippen LogP contribution in [0.5, 0.6) is 5.75 Å². The average molecular weight is 554 g/mol. The molecule has 0 spiro atoms. The van der Waals surface area contributed by atoms with Gasteiger partial charge in [0.2, 0.25) is 0 Å². The molecular weight excluding hydrogens is 526 g/mol. The zero-order chi connectivity index (χ0) is 28.4. The number of benzene rings is 3. The van der Waals surface area contributed by atoms with Crippen LogP contribution in [-0.4, -0.2) is 50.6 Å². The number of hydrogen-bond acceptors (Lipinski definition) is 8. The van der Waals surface area contributed by atoms with Gasteiger partial charge in [0.15, 0.2) is 11.5 Å². The predicted molar refractivity (Wildman–Crippen MR) is 145 cm³/mol. The van der Waals surface area contributed by atoms with E-state index in [2.05, 4.69) is 15.8 Å². The molecule has 13 heteroatoms. The van der Waals surface area contributed by atoms with Crippen LogP contribution in [0.3, 0.4) is 0 Å². The van der Waals surface area contributed by atoms with Crippen LogP contribution in [0.4, 0.5) is 11.4 Å². The molecule has 3 aromatic carbocycles. The summed E-state index contributed by atoms with van der Waals surface area (Å²) >= 11 is 0. The number of hydrazone groups is 1. The predicted octanol–water partition coefficient (Wildman–Crippen LogP) is 2.84. The molecule has 0 aliphatic heterocycles. The number of nitro groups is 1. The third-order valence-electron chi connectivity index (χ3n) is 5.06. The average Bonchev–Trinajstić information content (AvgIpc) is 2.91. The molecule has 0 aliphatic rings. The van der Waals surface area contributed by atoms with Crippen LogP contribution < -0.4 is 19.8 Å². The van der Waals surface area contributed by atoms with Gasteiger partial charge in [0, 0.05) is 12.1 Å². The number of anilines is 1. The number of nitrogens with zero attached hydrogens (tertiary/aromatic N) is 3. The van der Waals surface area contributed by atoms with Gasteiger partial charge in [0.05, 0.1) is 16.8 Å². The maximum Gasteiger partial charge on any atom is 0.289 e. The van der Waals surface area contributed by atoms with Crippen molar-refractivity contribution in [3.63, 3.8) is 0 Å². The Balaban J connectivity index is 1.69. The molecule has 0 aliphatic carbocycles. The molecule has 3 rings (SSSR count). The van der Waals surface area contributed by atoms with Crippen molar-refractivity contribution in [2.75, 3.05) is 17.5 Å². The first-order chi connectivity index (χ1) is 18.6. The first-order valence-electron chi connectivity index (χ1n) is 11.7. The monoisotopic (exact) mass is 553 g/mol. The maximum absolute atomic E-state index is 13.4. The Morgan fingerprint density at radius 2 is 1.64 bits per heavy atom. The van der Waals surface area contributed by atoms with Crippen LogP contribution in [0.15, 0.2) is 88.9 Å². The second-order valence-corrected chi connectivity index (χ2v) is 10.3. The van der Waals surface area contributed by atoms with Gasteiger partial charge in [0.25, 0.3) is 27.5 Å². The van der Waals surface area contributed by atoms with E-state index in [1.807, 2.05) is 13.8 Å². The van der Waals surface area contributed by atoms with Crippen molar-refractivity contribution in [3.8, 4) is 5.75 Å². The number of sulfonamides is 1.